The van der Waals surface area contributed by atoms with Crippen LogP contribution >= 0.6 is 9.39 Å². The molecule has 0 N–H and O–H groups in total. The molecular formula is C8H10N3P. The summed E-state index contributed by atoms with van der Waals surface area (Å²) < 4.78 is 1.92. The Balaban J connectivity index is 2.90. The highest BCUT2D eigenvalue weighted by Gasteiger charge is 2.04. The molecule has 2 aromatic rings. The first-order chi connectivity index (χ1) is 5.68. The molecule has 0 aliphatic carbocycles. The van der Waals surface area contributed by atoms with E-state index in [0.29, 0.717) is 0 Å². The van der Waals surface area contributed by atoms with Gasteiger partial charge in [-0.1, -0.05) is 0 Å². The SMILES string of the molecule is Cc1cnc2c(C)cn(P)c2n1. The van der Waals surface area contributed by atoms with E-state index in [1.54, 1.807) is 6.20 Å². The lowest BCUT2D eigenvalue weighted by molar-refractivity contribution is 1.15. The van der Waals surface area contributed by atoms with Crippen LogP contribution in [0.15, 0.2) is 12.4 Å². The molecule has 3 nitrogen and oxygen atoms in total. The number of nitrogens with zero attached hydrogens (tertiary/aromatic N) is 3. The third-order valence-corrected chi connectivity index (χ3v) is 2.22. The Morgan fingerprint density at radius 3 is 2.92 bits per heavy atom. The van der Waals surface area contributed by atoms with Gasteiger partial charge < -0.3 is 4.34 Å². The monoisotopic (exact) mass is 179 g/mol. The number of rotatable bonds is 0. The molecule has 0 saturated carbocycles. The topological polar surface area (TPSA) is 30.7 Å². The van der Waals surface area contributed by atoms with Crippen LogP contribution in [0, 0.1) is 13.8 Å². The summed E-state index contributed by atoms with van der Waals surface area (Å²) in [5.41, 5.74) is 4.02. The lowest BCUT2D eigenvalue weighted by Crippen LogP contribution is -1.87. The predicted octanol–water partition coefficient (Wildman–Crippen LogP) is 1.69. The Hall–Kier alpha value is -0.950. The van der Waals surface area contributed by atoms with Crippen molar-refractivity contribution in [2.75, 3.05) is 0 Å². The van der Waals surface area contributed by atoms with E-state index in [-0.39, 0.29) is 0 Å². The minimum absolute atomic E-state index is 0.928. The van der Waals surface area contributed by atoms with Gasteiger partial charge in [0.1, 0.15) is 5.52 Å². The van der Waals surface area contributed by atoms with Crippen molar-refractivity contribution in [3.8, 4) is 0 Å². The van der Waals surface area contributed by atoms with Crippen LogP contribution in [-0.2, 0) is 0 Å². The number of hydrogen-bond acceptors (Lipinski definition) is 2. The van der Waals surface area contributed by atoms with Gasteiger partial charge in [-0.25, -0.2) is 4.98 Å². The van der Waals surface area contributed by atoms with E-state index in [0.717, 1.165) is 22.4 Å². The van der Waals surface area contributed by atoms with Gasteiger partial charge >= 0.3 is 0 Å². The second-order valence-corrected chi connectivity index (χ2v) is 3.46. The van der Waals surface area contributed by atoms with Crippen LogP contribution in [0.2, 0.25) is 0 Å². The zero-order valence-electron chi connectivity index (χ0n) is 7.07. The van der Waals surface area contributed by atoms with Crippen LogP contribution in [0.1, 0.15) is 11.3 Å². The van der Waals surface area contributed by atoms with Gasteiger partial charge in [0.25, 0.3) is 0 Å². The van der Waals surface area contributed by atoms with Gasteiger partial charge in [0.2, 0.25) is 0 Å². The molecule has 0 bridgehead atoms. The molecule has 0 aliphatic rings. The first kappa shape index (κ1) is 7.69. The van der Waals surface area contributed by atoms with Crippen LogP contribution < -0.4 is 0 Å². The summed E-state index contributed by atoms with van der Waals surface area (Å²) in [6, 6.07) is 0. The van der Waals surface area contributed by atoms with E-state index >= 15 is 0 Å². The Labute approximate surface area is 73.1 Å². The van der Waals surface area contributed by atoms with Gasteiger partial charge in [-0.3, -0.25) is 4.98 Å². The molecular weight excluding hydrogens is 169 g/mol. The maximum Gasteiger partial charge on any atom is 0.162 e. The molecule has 0 amide bonds. The smallest absolute Gasteiger partial charge is 0.162 e. The highest BCUT2D eigenvalue weighted by Crippen LogP contribution is 2.18. The molecule has 12 heavy (non-hydrogen) atoms. The zero-order chi connectivity index (χ0) is 8.72. The molecule has 4 heteroatoms. The predicted molar refractivity (Wildman–Crippen MR) is 52.1 cm³/mol. The third kappa shape index (κ3) is 1.01. The van der Waals surface area contributed by atoms with E-state index < -0.39 is 0 Å². The van der Waals surface area contributed by atoms with Gasteiger partial charge in [0.15, 0.2) is 5.65 Å². The molecule has 0 saturated heterocycles. The number of fused-ring (bicyclic) bond motifs is 1. The summed E-state index contributed by atoms with van der Waals surface area (Å²) in [7, 11) is 2.60. The fourth-order valence-electron chi connectivity index (χ4n) is 1.25. The van der Waals surface area contributed by atoms with Crippen LogP contribution in [-0.4, -0.2) is 14.3 Å². The van der Waals surface area contributed by atoms with Crippen LogP contribution in [0.25, 0.3) is 11.2 Å². The summed E-state index contributed by atoms with van der Waals surface area (Å²) in [6.07, 6.45) is 3.80. The summed E-state index contributed by atoms with van der Waals surface area (Å²) in [5.74, 6) is 0. The molecule has 0 fully saturated rings. The van der Waals surface area contributed by atoms with Crippen molar-refractivity contribution >= 4 is 20.6 Å². The number of aryl methyl sites for hydroxylation is 2. The summed E-state index contributed by atoms with van der Waals surface area (Å²) >= 11 is 0. The van der Waals surface area contributed by atoms with Gasteiger partial charge in [-0.2, -0.15) is 0 Å². The molecule has 0 spiro atoms. The molecule has 1 unspecified atom stereocenters. The van der Waals surface area contributed by atoms with Crippen molar-refractivity contribution in [1.82, 2.24) is 14.3 Å². The van der Waals surface area contributed by atoms with E-state index in [1.165, 1.54) is 0 Å². The van der Waals surface area contributed by atoms with Crippen molar-refractivity contribution in [1.29, 1.82) is 0 Å². The number of hydrogen-bond donors (Lipinski definition) is 0. The highest BCUT2D eigenvalue weighted by molar-refractivity contribution is 7.14. The highest BCUT2D eigenvalue weighted by atomic mass is 31.0. The Morgan fingerprint density at radius 2 is 2.17 bits per heavy atom. The second kappa shape index (κ2) is 2.53. The molecule has 1 atom stereocenters. The Morgan fingerprint density at radius 1 is 1.42 bits per heavy atom. The third-order valence-electron chi connectivity index (χ3n) is 1.83. The second-order valence-electron chi connectivity index (χ2n) is 2.90. The molecule has 0 aromatic carbocycles. The van der Waals surface area contributed by atoms with E-state index in [4.69, 9.17) is 0 Å². The standard InChI is InChI=1S/C8H10N3P/c1-5-4-11(12)8-7(5)9-3-6(2)10-8/h3-4H,12H2,1-2H3. The normalized spacial score (nSPS) is 10.9. The fourth-order valence-corrected chi connectivity index (χ4v) is 1.66. The minimum atomic E-state index is 0.928. The number of aromatic nitrogens is 3. The molecule has 62 valence electrons. The lowest BCUT2D eigenvalue weighted by Gasteiger charge is -1.94. The Bertz CT molecular complexity index is 433. The van der Waals surface area contributed by atoms with Gasteiger partial charge in [0.05, 0.1) is 5.69 Å². The lowest BCUT2D eigenvalue weighted by atomic mass is 10.3. The van der Waals surface area contributed by atoms with Crippen molar-refractivity contribution in [3.63, 3.8) is 0 Å². The van der Waals surface area contributed by atoms with E-state index in [1.807, 2.05) is 24.4 Å². The van der Waals surface area contributed by atoms with Crippen molar-refractivity contribution in [2.45, 2.75) is 13.8 Å². The van der Waals surface area contributed by atoms with Crippen molar-refractivity contribution in [3.05, 3.63) is 23.7 Å². The Kier molecular flexibility index (Phi) is 1.62. The summed E-state index contributed by atoms with van der Waals surface area (Å²) in [5, 5.41) is 0. The summed E-state index contributed by atoms with van der Waals surface area (Å²) in [6.45, 7) is 3.98. The quantitative estimate of drug-likeness (QED) is 0.576. The van der Waals surface area contributed by atoms with Gasteiger partial charge in [-0.15, -0.1) is 0 Å². The summed E-state index contributed by atoms with van der Waals surface area (Å²) in [4.78, 5) is 8.68. The average molecular weight is 179 g/mol. The molecule has 2 heterocycles. The largest absolute Gasteiger partial charge is 0.315 e. The molecule has 2 aromatic heterocycles. The van der Waals surface area contributed by atoms with Crippen LogP contribution in [0.4, 0.5) is 0 Å². The van der Waals surface area contributed by atoms with E-state index in [2.05, 4.69) is 19.4 Å². The van der Waals surface area contributed by atoms with Crippen molar-refractivity contribution in [2.24, 2.45) is 0 Å². The molecule has 0 radical (unpaired) electrons. The molecule has 2 rings (SSSR count). The van der Waals surface area contributed by atoms with Gasteiger partial charge in [-0.05, 0) is 28.8 Å². The van der Waals surface area contributed by atoms with Crippen molar-refractivity contribution < 1.29 is 0 Å². The average Bonchev–Trinajstić information content (AvgIpc) is 2.28. The first-order valence-electron chi connectivity index (χ1n) is 3.75. The van der Waals surface area contributed by atoms with Gasteiger partial charge in [0, 0.05) is 12.4 Å². The van der Waals surface area contributed by atoms with Crippen LogP contribution in [0.5, 0.6) is 0 Å². The minimum Gasteiger partial charge on any atom is -0.315 e. The molecule has 0 aliphatic heterocycles. The maximum absolute atomic E-state index is 4.38. The first-order valence-corrected chi connectivity index (χ1v) is 4.26. The van der Waals surface area contributed by atoms with Crippen LogP contribution in [0.3, 0.4) is 0 Å². The van der Waals surface area contributed by atoms with E-state index in [9.17, 15) is 0 Å². The fraction of sp³-hybridized carbons (Fsp3) is 0.250. The zero-order valence-corrected chi connectivity index (χ0v) is 8.23. The maximum atomic E-state index is 4.38.